The molecule has 90 valence electrons. The molecule has 0 saturated carbocycles. The average Bonchev–Trinajstić information content (AvgIpc) is 2.60. The third-order valence-corrected chi connectivity index (χ3v) is 3.13. The molecule has 1 aromatic heterocycles. The van der Waals surface area contributed by atoms with Crippen molar-refractivity contribution in [3.05, 3.63) is 35.5 Å². The molecule has 0 spiro atoms. The van der Waals surface area contributed by atoms with E-state index in [2.05, 4.69) is 4.98 Å². The summed E-state index contributed by atoms with van der Waals surface area (Å²) in [7, 11) is 0. The van der Waals surface area contributed by atoms with Gasteiger partial charge in [0.25, 0.3) is 0 Å². The zero-order valence-corrected chi connectivity index (χ0v) is 10.4. The highest BCUT2D eigenvalue weighted by Crippen LogP contribution is 2.25. The normalized spacial score (nSPS) is 11.9. The molecule has 1 heterocycles. The standard InChI is InChI=1S/C14H17NO2/c1-9-5-4-6-10-7-11(15-12(9)10)8-14(2,3)13(16)17/h4-7,15H,8H2,1-3H3,(H,16,17). The van der Waals surface area contributed by atoms with Gasteiger partial charge in [0, 0.05) is 17.6 Å². The lowest BCUT2D eigenvalue weighted by Crippen LogP contribution is -2.26. The summed E-state index contributed by atoms with van der Waals surface area (Å²) in [5.41, 5.74) is 2.52. The SMILES string of the molecule is Cc1cccc2cc(CC(C)(C)C(=O)O)[nH]c12. The Bertz CT molecular complexity index is 567. The Morgan fingerprint density at radius 1 is 1.41 bits per heavy atom. The molecule has 2 N–H and O–H groups in total. The number of benzene rings is 1. The lowest BCUT2D eigenvalue weighted by molar-refractivity contribution is -0.146. The summed E-state index contributed by atoms with van der Waals surface area (Å²) in [5, 5.41) is 10.3. The van der Waals surface area contributed by atoms with Gasteiger partial charge < -0.3 is 10.1 Å². The molecule has 0 bridgehead atoms. The van der Waals surface area contributed by atoms with Crippen molar-refractivity contribution < 1.29 is 9.90 Å². The van der Waals surface area contributed by atoms with Crippen LogP contribution in [0.3, 0.4) is 0 Å². The van der Waals surface area contributed by atoms with Crippen LogP contribution in [0, 0.1) is 12.3 Å². The molecule has 0 unspecified atom stereocenters. The first-order valence-corrected chi connectivity index (χ1v) is 5.71. The number of carboxylic acid groups (broad SMARTS) is 1. The number of hydrogen-bond acceptors (Lipinski definition) is 1. The number of aromatic nitrogens is 1. The van der Waals surface area contributed by atoms with Crippen molar-refractivity contribution >= 4 is 16.9 Å². The summed E-state index contributed by atoms with van der Waals surface area (Å²) in [6.07, 6.45) is 0.510. The third-order valence-electron chi connectivity index (χ3n) is 3.13. The maximum Gasteiger partial charge on any atom is 0.309 e. The van der Waals surface area contributed by atoms with E-state index in [4.69, 9.17) is 5.11 Å². The van der Waals surface area contributed by atoms with Crippen LogP contribution in [0.4, 0.5) is 0 Å². The molecule has 2 rings (SSSR count). The Morgan fingerprint density at radius 2 is 2.12 bits per heavy atom. The van der Waals surface area contributed by atoms with Crippen molar-refractivity contribution in [1.29, 1.82) is 0 Å². The molecule has 0 radical (unpaired) electrons. The van der Waals surface area contributed by atoms with Gasteiger partial charge in [-0.2, -0.15) is 0 Å². The van der Waals surface area contributed by atoms with Crippen molar-refractivity contribution in [2.45, 2.75) is 27.2 Å². The van der Waals surface area contributed by atoms with Crippen LogP contribution in [0.1, 0.15) is 25.1 Å². The molecule has 0 saturated heterocycles. The maximum atomic E-state index is 11.1. The molecule has 2 aromatic rings. The Labute approximate surface area is 100 Å². The minimum atomic E-state index is -0.770. The number of aromatic amines is 1. The summed E-state index contributed by atoms with van der Waals surface area (Å²) in [4.78, 5) is 14.4. The van der Waals surface area contributed by atoms with Crippen LogP contribution in [0.2, 0.25) is 0 Å². The fourth-order valence-electron chi connectivity index (χ4n) is 2.01. The van der Waals surface area contributed by atoms with Crippen LogP contribution in [-0.4, -0.2) is 16.1 Å². The molecular formula is C14H17NO2. The van der Waals surface area contributed by atoms with Crippen molar-refractivity contribution in [2.24, 2.45) is 5.41 Å². The number of fused-ring (bicyclic) bond motifs is 1. The van der Waals surface area contributed by atoms with Gasteiger partial charge in [-0.15, -0.1) is 0 Å². The number of hydrogen-bond donors (Lipinski definition) is 2. The molecular weight excluding hydrogens is 214 g/mol. The predicted octanol–water partition coefficient (Wildman–Crippen LogP) is 3.13. The van der Waals surface area contributed by atoms with Gasteiger partial charge in [0.1, 0.15) is 0 Å². The van der Waals surface area contributed by atoms with Crippen LogP contribution < -0.4 is 0 Å². The van der Waals surface area contributed by atoms with Crippen LogP contribution in [0.15, 0.2) is 24.3 Å². The van der Waals surface area contributed by atoms with E-state index in [9.17, 15) is 4.79 Å². The smallest absolute Gasteiger partial charge is 0.309 e. The van der Waals surface area contributed by atoms with Crippen LogP contribution in [0.5, 0.6) is 0 Å². The third kappa shape index (κ3) is 2.18. The Hall–Kier alpha value is -1.77. The van der Waals surface area contributed by atoms with Crippen molar-refractivity contribution in [3.63, 3.8) is 0 Å². The van der Waals surface area contributed by atoms with E-state index in [1.165, 1.54) is 5.56 Å². The van der Waals surface area contributed by atoms with Crippen molar-refractivity contribution in [1.82, 2.24) is 4.98 Å². The van der Waals surface area contributed by atoms with E-state index in [-0.39, 0.29) is 0 Å². The first-order valence-electron chi connectivity index (χ1n) is 5.71. The fourth-order valence-corrected chi connectivity index (χ4v) is 2.01. The number of carboxylic acids is 1. The van der Waals surface area contributed by atoms with Gasteiger partial charge >= 0.3 is 5.97 Å². The highest BCUT2D eigenvalue weighted by molar-refractivity contribution is 5.83. The maximum absolute atomic E-state index is 11.1. The number of aliphatic carboxylic acids is 1. The minimum absolute atomic E-state index is 0.510. The van der Waals surface area contributed by atoms with E-state index in [0.717, 1.165) is 16.6 Å². The molecule has 0 aliphatic heterocycles. The zero-order chi connectivity index (χ0) is 12.6. The molecule has 3 heteroatoms. The monoisotopic (exact) mass is 231 g/mol. The molecule has 0 amide bonds. The predicted molar refractivity (Wildman–Crippen MR) is 68.2 cm³/mol. The number of nitrogens with one attached hydrogen (secondary N) is 1. The van der Waals surface area contributed by atoms with Crippen LogP contribution in [-0.2, 0) is 11.2 Å². The van der Waals surface area contributed by atoms with E-state index >= 15 is 0 Å². The Kier molecular flexibility index (Phi) is 2.69. The highest BCUT2D eigenvalue weighted by atomic mass is 16.4. The van der Waals surface area contributed by atoms with Gasteiger partial charge in [-0.1, -0.05) is 18.2 Å². The minimum Gasteiger partial charge on any atom is -0.481 e. The average molecular weight is 231 g/mol. The molecule has 0 aliphatic carbocycles. The zero-order valence-electron chi connectivity index (χ0n) is 10.4. The van der Waals surface area contributed by atoms with Gasteiger partial charge in [0.15, 0.2) is 0 Å². The lowest BCUT2D eigenvalue weighted by atomic mass is 9.88. The highest BCUT2D eigenvalue weighted by Gasteiger charge is 2.28. The number of rotatable bonds is 3. The van der Waals surface area contributed by atoms with Crippen LogP contribution in [0.25, 0.3) is 10.9 Å². The molecule has 17 heavy (non-hydrogen) atoms. The summed E-state index contributed by atoms with van der Waals surface area (Å²) >= 11 is 0. The first-order chi connectivity index (χ1) is 7.90. The molecule has 0 atom stereocenters. The molecule has 3 nitrogen and oxygen atoms in total. The number of aryl methyl sites for hydroxylation is 1. The van der Waals surface area contributed by atoms with E-state index in [1.54, 1.807) is 13.8 Å². The fraction of sp³-hybridized carbons (Fsp3) is 0.357. The largest absolute Gasteiger partial charge is 0.481 e. The van der Waals surface area contributed by atoms with Gasteiger partial charge in [0.05, 0.1) is 5.41 Å². The van der Waals surface area contributed by atoms with E-state index < -0.39 is 11.4 Å². The summed E-state index contributed by atoms with van der Waals surface area (Å²) < 4.78 is 0. The second-order valence-corrected chi connectivity index (χ2v) is 5.20. The van der Waals surface area contributed by atoms with Crippen molar-refractivity contribution in [2.75, 3.05) is 0 Å². The van der Waals surface area contributed by atoms with Gasteiger partial charge in [-0.05, 0) is 37.8 Å². The Morgan fingerprint density at radius 3 is 2.71 bits per heavy atom. The number of carbonyl (C=O) groups is 1. The second kappa shape index (κ2) is 3.91. The topological polar surface area (TPSA) is 53.1 Å². The molecule has 0 fully saturated rings. The summed E-state index contributed by atoms with van der Waals surface area (Å²) in [5.74, 6) is -0.770. The quantitative estimate of drug-likeness (QED) is 0.852. The van der Waals surface area contributed by atoms with Gasteiger partial charge in [-0.3, -0.25) is 4.79 Å². The number of para-hydroxylation sites is 1. The van der Waals surface area contributed by atoms with Crippen LogP contribution >= 0.6 is 0 Å². The van der Waals surface area contributed by atoms with E-state index in [1.807, 2.05) is 31.2 Å². The molecule has 1 aromatic carbocycles. The van der Waals surface area contributed by atoms with Gasteiger partial charge in [-0.25, -0.2) is 0 Å². The first kappa shape index (κ1) is 11.7. The van der Waals surface area contributed by atoms with Gasteiger partial charge in [0.2, 0.25) is 0 Å². The van der Waals surface area contributed by atoms with E-state index in [0.29, 0.717) is 6.42 Å². The van der Waals surface area contributed by atoms with Crippen molar-refractivity contribution in [3.8, 4) is 0 Å². The summed E-state index contributed by atoms with van der Waals surface area (Å²) in [6.45, 7) is 5.53. The lowest BCUT2D eigenvalue weighted by Gasteiger charge is -2.17. The Balaban J connectivity index is 2.38. The number of H-pyrrole nitrogens is 1. The molecule has 0 aliphatic rings. The second-order valence-electron chi connectivity index (χ2n) is 5.20. The summed E-state index contributed by atoms with van der Waals surface area (Å²) in [6, 6.07) is 8.13.